The molecule has 3 aromatic rings. The Bertz CT molecular complexity index is 974. The van der Waals surface area contributed by atoms with Crippen molar-refractivity contribution in [2.45, 2.75) is 18.8 Å². The molecule has 1 atom stereocenters. The van der Waals surface area contributed by atoms with Crippen molar-refractivity contribution in [1.82, 2.24) is 9.88 Å². The molecule has 2 amide bonds. The number of anilines is 1. The summed E-state index contributed by atoms with van der Waals surface area (Å²) in [6.45, 7) is 1.38. The molecule has 144 valence electrons. The highest BCUT2D eigenvalue weighted by Crippen LogP contribution is 2.30. The lowest BCUT2D eigenvalue weighted by Gasteiger charge is -2.32. The summed E-state index contributed by atoms with van der Waals surface area (Å²) in [6.07, 6.45) is 3.80. The molecule has 0 bridgehead atoms. The van der Waals surface area contributed by atoms with E-state index in [0.717, 1.165) is 24.4 Å². The molecule has 3 heterocycles. The second-order valence-corrected chi connectivity index (χ2v) is 8.87. The molecule has 1 saturated heterocycles. The molecular formula is C20H18ClN3O2S2. The van der Waals surface area contributed by atoms with E-state index in [0.29, 0.717) is 27.7 Å². The van der Waals surface area contributed by atoms with Crippen LogP contribution in [0.25, 0.3) is 0 Å². The summed E-state index contributed by atoms with van der Waals surface area (Å²) in [5.41, 5.74) is 0.963. The van der Waals surface area contributed by atoms with E-state index in [1.165, 1.54) is 11.3 Å². The maximum absolute atomic E-state index is 13.0. The molecule has 0 spiro atoms. The van der Waals surface area contributed by atoms with Crippen molar-refractivity contribution < 1.29 is 9.59 Å². The van der Waals surface area contributed by atoms with Gasteiger partial charge in [-0.2, -0.15) is 0 Å². The number of hydrogen-bond acceptors (Lipinski definition) is 5. The summed E-state index contributed by atoms with van der Waals surface area (Å²) in [5.74, 6) is -0.00384. The first-order valence-electron chi connectivity index (χ1n) is 8.95. The number of nitrogens with zero attached hydrogens (tertiary/aromatic N) is 2. The third-order valence-corrected chi connectivity index (χ3v) is 6.85. The molecule has 4 rings (SSSR count). The number of benzene rings is 1. The van der Waals surface area contributed by atoms with Crippen LogP contribution in [-0.4, -0.2) is 34.8 Å². The summed E-state index contributed by atoms with van der Waals surface area (Å²) < 4.78 is 0. The average Bonchev–Trinajstić information content (AvgIpc) is 3.43. The Balaban J connectivity index is 1.50. The second-order valence-electron chi connectivity index (χ2n) is 6.59. The number of carbonyl (C=O) groups is 2. The molecule has 1 aliphatic heterocycles. The lowest BCUT2D eigenvalue weighted by atomic mass is 9.98. The van der Waals surface area contributed by atoms with E-state index in [-0.39, 0.29) is 17.7 Å². The number of hydrogen-bond donors (Lipinski definition) is 1. The van der Waals surface area contributed by atoms with Crippen LogP contribution >= 0.6 is 34.3 Å². The molecular weight excluding hydrogens is 414 g/mol. The van der Waals surface area contributed by atoms with Gasteiger partial charge in [0.2, 0.25) is 0 Å². The third kappa shape index (κ3) is 4.11. The first-order valence-corrected chi connectivity index (χ1v) is 11.1. The minimum atomic E-state index is -0.233. The van der Waals surface area contributed by atoms with Crippen LogP contribution in [0.5, 0.6) is 0 Å². The van der Waals surface area contributed by atoms with Gasteiger partial charge in [0.05, 0.1) is 20.6 Å². The number of nitrogens with one attached hydrogen (secondary N) is 1. The normalized spacial score (nSPS) is 16.8. The number of likely N-dealkylation sites (tertiary alicyclic amines) is 1. The zero-order chi connectivity index (χ0) is 19.5. The third-order valence-electron chi connectivity index (χ3n) is 4.72. The molecule has 1 unspecified atom stereocenters. The summed E-state index contributed by atoms with van der Waals surface area (Å²) in [7, 11) is 0. The largest absolute Gasteiger partial charge is 0.338 e. The predicted molar refractivity (Wildman–Crippen MR) is 114 cm³/mol. The van der Waals surface area contributed by atoms with Crippen molar-refractivity contribution in [2.75, 3.05) is 18.4 Å². The topological polar surface area (TPSA) is 62.3 Å². The fourth-order valence-corrected chi connectivity index (χ4v) is 4.88. The summed E-state index contributed by atoms with van der Waals surface area (Å²) in [5, 5.41) is 8.10. The molecule has 28 heavy (non-hydrogen) atoms. The quantitative estimate of drug-likeness (QED) is 0.622. The lowest BCUT2D eigenvalue weighted by Crippen LogP contribution is -2.39. The Morgan fingerprint density at radius 3 is 2.86 bits per heavy atom. The Morgan fingerprint density at radius 2 is 2.11 bits per heavy atom. The standard InChI is InChI=1S/C20H18ClN3O2S2/c21-15-6-5-13(11-16(15)23-18(25)17-4-2-9-27-17)20(26)24-8-1-3-14(12-24)19-22-7-10-28-19/h2,4-7,9-11,14H,1,3,8,12H2,(H,23,25). The monoisotopic (exact) mass is 431 g/mol. The Morgan fingerprint density at radius 1 is 1.21 bits per heavy atom. The smallest absolute Gasteiger partial charge is 0.265 e. The molecule has 2 aromatic heterocycles. The summed E-state index contributed by atoms with van der Waals surface area (Å²) in [6, 6.07) is 8.58. The van der Waals surface area contributed by atoms with E-state index in [1.54, 1.807) is 35.6 Å². The van der Waals surface area contributed by atoms with E-state index < -0.39 is 0 Å². The summed E-state index contributed by atoms with van der Waals surface area (Å²) >= 11 is 9.23. The Labute approximate surface area is 176 Å². The van der Waals surface area contributed by atoms with Crippen LogP contribution in [0.3, 0.4) is 0 Å². The van der Waals surface area contributed by atoms with Crippen molar-refractivity contribution in [1.29, 1.82) is 0 Å². The van der Waals surface area contributed by atoms with Gasteiger partial charge >= 0.3 is 0 Å². The van der Waals surface area contributed by atoms with Gasteiger partial charge in [-0.25, -0.2) is 4.98 Å². The molecule has 5 nitrogen and oxygen atoms in total. The Hall–Kier alpha value is -2.22. The molecule has 0 aliphatic carbocycles. The van der Waals surface area contributed by atoms with Gasteiger partial charge in [-0.3, -0.25) is 9.59 Å². The van der Waals surface area contributed by atoms with Gasteiger partial charge in [0.1, 0.15) is 0 Å². The van der Waals surface area contributed by atoms with E-state index in [2.05, 4.69) is 10.3 Å². The molecule has 1 fully saturated rings. The lowest BCUT2D eigenvalue weighted by molar-refractivity contribution is 0.0707. The van der Waals surface area contributed by atoms with Crippen LogP contribution in [0, 0.1) is 0 Å². The van der Waals surface area contributed by atoms with Gasteiger partial charge in [-0.15, -0.1) is 22.7 Å². The van der Waals surface area contributed by atoms with Crippen molar-refractivity contribution in [2.24, 2.45) is 0 Å². The number of thiazole rings is 1. The molecule has 1 aromatic carbocycles. The maximum atomic E-state index is 13.0. The highest BCUT2D eigenvalue weighted by molar-refractivity contribution is 7.12. The number of thiophene rings is 1. The molecule has 0 saturated carbocycles. The van der Waals surface area contributed by atoms with Gasteiger partial charge in [-0.05, 0) is 42.5 Å². The van der Waals surface area contributed by atoms with Crippen molar-refractivity contribution in [3.05, 3.63) is 67.8 Å². The van der Waals surface area contributed by atoms with E-state index in [4.69, 9.17) is 11.6 Å². The molecule has 1 N–H and O–H groups in total. The number of aromatic nitrogens is 1. The van der Waals surface area contributed by atoms with Gasteiger partial charge < -0.3 is 10.2 Å². The first-order chi connectivity index (χ1) is 13.6. The molecule has 0 radical (unpaired) electrons. The fraction of sp³-hybridized carbons (Fsp3) is 0.250. The highest BCUT2D eigenvalue weighted by Gasteiger charge is 2.27. The van der Waals surface area contributed by atoms with Gasteiger partial charge in [0.25, 0.3) is 11.8 Å². The number of rotatable bonds is 4. The van der Waals surface area contributed by atoms with E-state index >= 15 is 0 Å². The second kappa shape index (κ2) is 8.43. The Kier molecular flexibility index (Phi) is 5.75. The predicted octanol–water partition coefficient (Wildman–Crippen LogP) is 5.13. The van der Waals surface area contributed by atoms with Crippen LogP contribution in [0.4, 0.5) is 5.69 Å². The number of amides is 2. The van der Waals surface area contributed by atoms with E-state index in [1.807, 2.05) is 27.9 Å². The van der Waals surface area contributed by atoms with Crippen LogP contribution in [0.15, 0.2) is 47.3 Å². The van der Waals surface area contributed by atoms with Crippen molar-refractivity contribution >= 4 is 51.8 Å². The molecule has 8 heteroatoms. The maximum Gasteiger partial charge on any atom is 0.265 e. The SMILES string of the molecule is O=C(Nc1cc(C(=O)N2CCCC(c3nccs3)C2)ccc1Cl)c1cccs1. The van der Waals surface area contributed by atoms with Crippen LogP contribution < -0.4 is 5.32 Å². The zero-order valence-corrected chi connectivity index (χ0v) is 17.3. The number of carbonyl (C=O) groups excluding carboxylic acids is 2. The van der Waals surface area contributed by atoms with Crippen molar-refractivity contribution in [3.63, 3.8) is 0 Å². The number of piperidine rings is 1. The van der Waals surface area contributed by atoms with Gasteiger partial charge in [0.15, 0.2) is 0 Å². The zero-order valence-electron chi connectivity index (χ0n) is 14.9. The van der Waals surface area contributed by atoms with Crippen molar-refractivity contribution in [3.8, 4) is 0 Å². The van der Waals surface area contributed by atoms with Crippen LogP contribution in [0.2, 0.25) is 5.02 Å². The minimum Gasteiger partial charge on any atom is -0.338 e. The average molecular weight is 432 g/mol. The van der Waals surface area contributed by atoms with Crippen LogP contribution in [-0.2, 0) is 0 Å². The molecule has 1 aliphatic rings. The minimum absolute atomic E-state index is 0.0513. The number of halogens is 1. The summed E-state index contributed by atoms with van der Waals surface area (Å²) in [4.78, 5) is 32.2. The van der Waals surface area contributed by atoms with Gasteiger partial charge in [-0.1, -0.05) is 17.7 Å². The first kappa shape index (κ1) is 19.1. The fourth-order valence-electron chi connectivity index (χ4n) is 3.33. The van der Waals surface area contributed by atoms with E-state index in [9.17, 15) is 9.59 Å². The highest BCUT2D eigenvalue weighted by atomic mass is 35.5. The van der Waals surface area contributed by atoms with Crippen LogP contribution in [0.1, 0.15) is 43.8 Å². The van der Waals surface area contributed by atoms with Gasteiger partial charge in [0, 0.05) is 36.1 Å².